The van der Waals surface area contributed by atoms with E-state index < -0.39 is 78.4 Å². The lowest BCUT2D eigenvalue weighted by atomic mass is 10.0. The summed E-state index contributed by atoms with van der Waals surface area (Å²) >= 11 is 0. The third-order valence-corrected chi connectivity index (χ3v) is 12.1. The Kier molecular flexibility index (Phi) is 41.2. The number of allylic oxidation sites excluding steroid dienone is 5. The highest BCUT2D eigenvalue weighted by atomic mass is 31.2. The average Bonchev–Trinajstić information content (AvgIpc) is 3.25. The molecular formula is C48H90O15P2. The molecule has 0 rings (SSSR count). The van der Waals surface area contributed by atoms with E-state index in [4.69, 9.17) is 23.8 Å². The van der Waals surface area contributed by atoms with Crippen LogP contribution in [0.2, 0.25) is 0 Å². The molecule has 3 unspecified atom stereocenters. The Hall–Kier alpha value is -1.74. The van der Waals surface area contributed by atoms with E-state index in [1.54, 1.807) is 6.08 Å². The van der Waals surface area contributed by atoms with Gasteiger partial charge in [-0.1, -0.05) is 173 Å². The number of rotatable bonds is 46. The van der Waals surface area contributed by atoms with Crippen molar-refractivity contribution in [2.75, 3.05) is 26.4 Å². The minimum atomic E-state index is -4.90. The van der Waals surface area contributed by atoms with E-state index >= 15 is 0 Å². The molecule has 0 aromatic carbocycles. The van der Waals surface area contributed by atoms with Crippen molar-refractivity contribution in [3.8, 4) is 0 Å². The van der Waals surface area contributed by atoms with Gasteiger partial charge in [-0.3, -0.25) is 23.2 Å². The molecule has 0 radical (unpaired) electrons. The minimum absolute atomic E-state index is 0.0738. The third-order valence-electron chi connectivity index (χ3n) is 10.7. The van der Waals surface area contributed by atoms with Crippen molar-refractivity contribution in [2.24, 2.45) is 5.92 Å². The van der Waals surface area contributed by atoms with Gasteiger partial charge in [0.25, 0.3) is 0 Å². The molecule has 0 fully saturated rings. The Morgan fingerprint density at radius 1 is 0.523 bits per heavy atom. The Morgan fingerprint density at radius 2 is 1.02 bits per heavy atom. The first kappa shape index (κ1) is 63.3. The predicted molar refractivity (Wildman–Crippen MR) is 256 cm³/mol. The first-order chi connectivity index (χ1) is 31.0. The largest absolute Gasteiger partial charge is 0.472 e. The number of carbonyl (C=O) groups excluding carboxylic acids is 2. The molecule has 65 heavy (non-hydrogen) atoms. The lowest BCUT2D eigenvalue weighted by molar-refractivity contribution is -0.161. The fraction of sp³-hybridized carbons (Fsp3) is 0.833. The summed E-state index contributed by atoms with van der Waals surface area (Å²) in [6.45, 7) is 3.77. The van der Waals surface area contributed by atoms with E-state index in [0.717, 1.165) is 44.4 Å². The van der Waals surface area contributed by atoms with Crippen LogP contribution in [-0.2, 0) is 41.8 Å². The molecule has 382 valence electrons. The van der Waals surface area contributed by atoms with Crippen molar-refractivity contribution in [3.63, 3.8) is 0 Å². The molecule has 0 amide bonds. The van der Waals surface area contributed by atoms with Crippen molar-refractivity contribution in [1.29, 1.82) is 0 Å². The van der Waals surface area contributed by atoms with E-state index in [1.807, 2.05) is 12.2 Å². The fourth-order valence-electron chi connectivity index (χ4n) is 6.75. The predicted octanol–water partition coefficient (Wildman–Crippen LogP) is 11.0. The summed E-state index contributed by atoms with van der Waals surface area (Å²) in [5.41, 5.74) is 0. The van der Waals surface area contributed by atoms with E-state index in [2.05, 4.69) is 48.0 Å². The molecule has 15 nitrogen and oxygen atoms in total. The number of aliphatic hydroxyl groups is 3. The molecule has 0 aliphatic carbocycles. The normalized spacial score (nSPS) is 15.2. The van der Waals surface area contributed by atoms with Crippen molar-refractivity contribution >= 4 is 27.6 Å². The van der Waals surface area contributed by atoms with Crippen LogP contribution < -0.4 is 0 Å². The van der Waals surface area contributed by atoms with E-state index in [1.165, 1.54) is 96.3 Å². The SMILES string of the molecule is CCCCC/C=C\C/C=C\C/C=C\CC(O)C(O)CCCC(=O)OC[C@H](COP(=O)(O)OC[C@@H](O)COP(=O)(O)O)OC(=O)CCCCCCCCCCCCCCCCCCC(C)C. The van der Waals surface area contributed by atoms with Gasteiger partial charge in [0.05, 0.1) is 32.0 Å². The molecule has 17 heteroatoms. The molecule has 0 spiro atoms. The van der Waals surface area contributed by atoms with Gasteiger partial charge in [0.15, 0.2) is 6.10 Å². The number of hydrogen-bond acceptors (Lipinski definition) is 12. The zero-order valence-corrected chi connectivity index (χ0v) is 42.0. The number of unbranched alkanes of at least 4 members (excludes halogenated alkanes) is 18. The highest BCUT2D eigenvalue weighted by Crippen LogP contribution is 2.44. The Balaban J connectivity index is 4.63. The summed E-state index contributed by atoms with van der Waals surface area (Å²) in [7, 11) is -9.77. The minimum Gasteiger partial charge on any atom is -0.462 e. The second kappa shape index (κ2) is 42.4. The maximum atomic E-state index is 12.7. The van der Waals surface area contributed by atoms with Crippen molar-refractivity contribution < 1.29 is 71.8 Å². The van der Waals surface area contributed by atoms with Crippen LogP contribution in [0.1, 0.15) is 201 Å². The van der Waals surface area contributed by atoms with Crippen molar-refractivity contribution in [2.45, 2.75) is 225 Å². The number of carbonyl (C=O) groups is 2. The van der Waals surface area contributed by atoms with E-state index in [9.17, 15) is 38.9 Å². The fourth-order valence-corrected chi connectivity index (χ4v) is 7.91. The van der Waals surface area contributed by atoms with Gasteiger partial charge in [-0.15, -0.1) is 0 Å². The number of esters is 2. The van der Waals surface area contributed by atoms with E-state index in [-0.39, 0.29) is 32.1 Å². The maximum absolute atomic E-state index is 12.7. The Labute approximate surface area is 392 Å². The monoisotopic (exact) mass is 969 g/mol. The first-order valence-electron chi connectivity index (χ1n) is 24.7. The van der Waals surface area contributed by atoms with Crippen LogP contribution in [0.4, 0.5) is 0 Å². The number of hydrogen-bond donors (Lipinski definition) is 6. The molecule has 6 N–H and O–H groups in total. The molecule has 0 aliphatic heterocycles. The second-order valence-electron chi connectivity index (χ2n) is 17.5. The van der Waals surface area contributed by atoms with Crippen LogP contribution in [0.15, 0.2) is 36.5 Å². The first-order valence-corrected chi connectivity index (χ1v) is 27.7. The summed E-state index contributed by atoms with van der Waals surface area (Å²) in [6, 6.07) is 0. The van der Waals surface area contributed by atoms with Crippen LogP contribution in [0.5, 0.6) is 0 Å². The van der Waals surface area contributed by atoms with Gasteiger partial charge in [0, 0.05) is 12.8 Å². The number of aliphatic hydroxyl groups excluding tert-OH is 3. The Morgan fingerprint density at radius 3 is 1.57 bits per heavy atom. The van der Waals surface area contributed by atoms with Crippen LogP contribution in [0.3, 0.4) is 0 Å². The standard InChI is InChI=1S/C48H90O15P2/c1-4-5-6-7-8-9-10-18-21-24-27-30-34-45(50)46(51)35-32-37-47(52)59-40-44(41-62-65(57,58)61-39-43(49)38-60-64(54,55)56)63-48(53)36-31-28-25-22-19-16-14-12-11-13-15-17-20-23-26-29-33-42(2)3/h8-9,18,21,27,30,42-46,49-51H,4-7,10-17,19-20,22-26,28-29,31-41H2,1-3H3,(H,57,58)(H2,54,55,56)/b9-8-,21-18-,30-27-/t43-,44+,45?,46?/m0/s1. The van der Waals surface area contributed by atoms with Gasteiger partial charge in [0.2, 0.25) is 0 Å². The zero-order chi connectivity index (χ0) is 48.4. The molecule has 0 aromatic heterocycles. The molecule has 0 aromatic rings. The van der Waals surface area contributed by atoms with Gasteiger partial charge in [-0.05, 0) is 57.3 Å². The highest BCUT2D eigenvalue weighted by Gasteiger charge is 2.28. The average molecular weight is 969 g/mol. The van der Waals surface area contributed by atoms with Crippen LogP contribution in [0.25, 0.3) is 0 Å². The van der Waals surface area contributed by atoms with Gasteiger partial charge in [0.1, 0.15) is 12.7 Å². The Bertz CT molecular complexity index is 1340. The quantitative estimate of drug-likeness (QED) is 0.0144. The number of ether oxygens (including phenoxy) is 2. The van der Waals surface area contributed by atoms with Crippen molar-refractivity contribution in [3.05, 3.63) is 36.5 Å². The molecule has 0 saturated carbocycles. The molecule has 0 heterocycles. The van der Waals surface area contributed by atoms with Crippen LogP contribution >= 0.6 is 15.6 Å². The van der Waals surface area contributed by atoms with Crippen molar-refractivity contribution in [1.82, 2.24) is 0 Å². The molecular weight excluding hydrogens is 878 g/mol. The molecule has 0 saturated heterocycles. The second-order valence-corrected chi connectivity index (χ2v) is 20.2. The summed E-state index contributed by atoms with van der Waals surface area (Å²) < 4.78 is 47.7. The summed E-state index contributed by atoms with van der Waals surface area (Å²) in [4.78, 5) is 52.9. The van der Waals surface area contributed by atoms with E-state index in [0.29, 0.717) is 12.8 Å². The van der Waals surface area contributed by atoms with Crippen LogP contribution in [-0.4, -0.2) is 92.8 Å². The lowest BCUT2D eigenvalue weighted by Crippen LogP contribution is -2.30. The molecule has 5 atom stereocenters. The smallest absolute Gasteiger partial charge is 0.462 e. The van der Waals surface area contributed by atoms with Gasteiger partial charge >= 0.3 is 27.6 Å². The highest BCUT2D eigenvalue weighted by molar-refractivity contribution is 7.47. The molecule has 0 aliphatic rings. The zero-order valence-electron chi connectivity index (χ0n) is 40.2. The number of phosphoric acid groups is 2. The maximum Gasteiger partial charge on any atom is 0.472 e. The van der Waals surface area contributed by atoms with Gasteiger partial charge in [-0.25, -0.2) is 9.13 Å². The topological polar surface area (TPSA) is 236 Å². The summed E-state index contributed by atoms with van der Waals surface area (Å²) in [6.07, 6.45) is 34.5. The lowest BCUT2D eigenvalue weighted by Gasteiger charge is -2.20. The van der Waals surface area contributed by atoms with Crippen LogP contribution in [0, 0.1) is 5.92 Å². The summed E-state index contributed by atoms with van der Waals surface area (Å²) in [5.74, 6) is -0.498. The van der Waals surface area contributed by atoms with Gasteiger partial charge < -0.3 is 39.5 Å². The van der Waals surface area contributed by atoms with Gasteiger partial charge in [-0.2, -0.15) is 0 Å². The molecule has 0 bridgehead atoms. The number of phosphoric ester groups is 2. The summed E-state index contributed by atoms with van der Waals surface area (Å²) in [5, 5.41) is 30.5. The third kappa shape index (κ3) is 45.8.